The first-order valence-electron chi connectivity index (χ1n) is 5.78. The maximum absolute atomic E-state index is 14.0. The lowest BCUT2D eigenvalue weighted by molar-refractivity contribution is 0.0599. The van der Waals surface area contributed by atoms with Crippen molar-refractivity contribution >= 4 is 11.9 Å². The minimum atomic E-state index is -1.25. The summed E-state index contributed by atoms with van der Waals surface area (Å²) in [6.07, 6.45) is 1.02. The zero-order valence-electron chi connectivity index (χ0n) is 10.8. The van der Waals surface area contributed by atoms with Crippen molar-refractivity contribution in [1.82, 2.24) is 4.98 Å². The van der Waals surface area contributed by atoms with Crippen LogP contribution < -0.4 is 5.56 Å². The molecule has 0 amide bonds. The number of carbonyl (C=O) groups excluding carboxylic acids is 1. The summed E-state index contributed by atoms with van der Waals surface area (Å²) in [5.74, 6) is -2.79. The molecule has 0 bridgehead atoms. The number of esters is 1. The Labute approximate surface area is 117 Å². The summed E-state index contributed by atoms with van der Waals surface area (Å²) in [6, 6.07) is 4.50. The van der Waals surface area contributed by atoms with Crippen molar-refractivity contribution in [3.8, 4) is 11.1 Å². The molecule has 7 heteroatoms. The average Bonchev–Trinajstić information content (AvgIpc) is 2.47. The molecule has 0 radical (unpaired) electrons. The van der Waals surface area contributed by atoms with E-state index < -0.39 is 23.3 Å². The van der Waals surface area contributed by atoms with Gasteiger partial charge in [-0.05, 0) is 18.2 Å². The van der Waals surface area contributed by atoms with Gasteiger partial charge in [-0.15, -0.1) is 0 Å². The molecule has 0 saturated heterocycles. The van der Waals surface area contributed by atoms with Gasteiger partial charge in [-0.2, -0.15) is 0 Å². The molecule has 0 saturated carbocycles. The largest absolute Gasteiger partial charge is 0.478 e. The van der Waals surface area contributed by atoms with Crippen LogP contribution in [0.15, 0.2) is 35.3 Å². The molecule has 108 valence electrons. The third-order valence-electron chi connectivity index (χ3n) is 2.83. The predicted molar refractivity (Wildman–Crippen MR) is 70.8 cm³/mol. The number of pyridine rings is 1. The Hall–Kier alpha value is -2.96. The first-order chi connectivity index (χ1) is 9.93. The summed E-state index contributed by atoms with van der Waals surface area (Å²) in [5, 5.41) is 8.89. The van der Waals surface area contributed by atoms with E-state index in [1.807, 2.05) is 0 Å². The van der Waals surface area contributed by atoms with Crippen molar-refractivity contribution in [2.24, 2.45) is 0 Å². The van der Waals surface area contributed by atoms with Crippen molar-refractivity contribution in [2.45, 2.75) is 0 Å². The van der Waals surface area contributed by atoms with Gasteiger partial charge in [-0.25, -0.2) is 14.0 Å². The number of carboxylic acid groups (broad SMARTS) is 1. The molecule has 1 heterocycles. The third kappa shape index (κ3) is 2.81. The van der Waals surface area contributed by atoms with Crippen LogP contribution in [-0.4, -0.2) is 29.1 Å². The van der Waals surface area contributed by atoms with Crippen LogP contribution in [0.2, 0.25) is 0 Å². The first kappa shape index (κ1) is 14.4. The molecule has 6 nitrogen and oxygen atoms in total. The molecule has 0 unspecified atom stereocenters. The van der Waals surface area contributed by atoms with Gasteiger partial charge in [0.15, 0.2) is 0 Å². The minimum Gasteiger partial charge on any atom is -0.478 e. The van der Waals surface area contributed by atoms with Crippen molar-refractivity contribution in [3.05, 3.63) is 57.8 Å². The van der Waals surface area contributed by atoms with Crippen LogP contribution >= 0.6 is 0 Å². The SMILES string of the molecule is COC(=O)c1ccc(-c2cc(C(=O)O)c[nH]c2=O)c(F)c1. The summed E-state index contributed by atoms with van der Waals surface area (Å²) >= 11 is 0. The van der Waals surface area contributed by atoms with Gasteiger partial charge < -0.3 is 14.8 Å². The molecule has 2 rings (SSSR count). The van der Waals surface area contributed by atoms with E-state index in [1.54, 1.807) is 0 Å². The number of hydrogen-bond donors (Lipinski definition) is 2. The zero-order chi connectivity index (χ0) is 15.6. The van der Waals surface area contributed by atoms with Crippen molar-refractivity contribution in [1.29, 1.82) is 0 Å². The highest BCUT2D eigenvalue weighted by Gasteiger charge is 2.15. The van der Waals surface area contributed by atoms with Crippen LogP contribution in [0, 0.1) is 5.82 Å². The molecular formula is C14H10FNO5. The molecular weight excluding hydrogens is 281 g/mol. The highest BCUT2D eigenvalue weighted by Crippen LogP contribution is 2.21. The number of rotatable bonds is 3. The molecule has 0 fully saturated rings. The standard InChI is InChI=1S/C14H10FNO5/c1-21-14(20)7-2-3-9(11(15)5-7)10-4-8(13(18)19)6-16-12(10)17/h2-6H,1H3,(H,16,17)(H,18,19). The lowest BCUT2D eigenvalue weighted by atomic mass is 10.0. The van der Waals surface area contributed by atoms with Gasteiger partial charge in [0.05, 0.1) is 23.8 Å². The van der Waals surface area contributed by atoms with E-state index in [4.69, 9.17) is 5.11 Å². The van der Waals surface area contributed by atoms with Gasteiger partial charge in [0.1, 0.15) is 5.82 Å². The fourth-order valence-corrected chi connectivity index (χ4v) is 1.79. The zero-order valence-corrected chi connectivity index (χ0v) is 10.8. The molecule has 0 aliphatic carbocycles. The summed E-state index contributed by atoms with van der Waals surface area (Å²) < 4.78 is 18.5. The van der Waals surface area contributed by atoms with Crippen molar-refractivity contribution in [2.75, 3.05) is 7.11 Å². The van der Waals surface area contributed by atoms with Crippen LogP contribution in [0.1, 0.15) is 20.7 Å². The molecule has 2 aromatic rings. The van der Waals surface area contributed by atoms with Crippen molar-refractivity contribution in [3.63, 3.8) is 0 Å². The minimum absolute atomic E-state index is 0.00966. The molecule has 0 aliphatic heterocycles. The summed E-state index contributed by atoms with van der Waals surface area (Å²) in [4.78, 5) is 36.1. The second-order valence-electron chi connectivity index (χ2n) is 4.12. The molecule has 0 aliphatic rings. The fraction of sp³-hybridized carbons (Fsp3) is 0.0714. The molecule has 0 spiro atoms. The molecule has 0 atom stereocenters. The van der Waals surface area contributed by atoms with E-state index in [2.05, 4.69) is 9.72 Å². The number of aromatic amines is 1. The number of carboxylic acids is 1. The van der Waals surface area contributed by atoms with Gasteiger partial charge in [-0.3, -0.25) is 4.79 Å². The Morgan fingerprint density at radius 2 is 1.90 bits per heavy atom. The Balaban J connectivity index is 2.57. The first-order valence-corrected chi connectivity index (χ1v) is 5.78. The lowest BCUT2D eigenvalue weighted by Crippen LogP contribution is -2.12. The molecule has 2 N–H and O–H groups in total. The number of hydrogen-bond acceptors (Lipinski definition) is 4. The van der Waals surface area contributed by atoms with Crippen LogP contribution in [0.25, 0.3) is 11.1 Å². The summed E-state index contributed by atoms with van der Waals surface area (Å²) in [6.45, 7) is 0. The van der Waals surface area contributed by atoms with Gasteiger partial charge in [0.2, 0.25) is 0 Å². The van der Waals surface area contributed by atoms with E-state index in [9.17, 15) is 18.8 Å². The number of methoxy groups -OCH3 is 1. The van der Waals surface area contributed by atoms with Gasteiger partial charge in [0, 0.05) is 11.8 Å². The Kier molecular flexibility index (Phi) is 3.84. The number of carbonyl (C=O) groups is 2. The predicted octanol–water partition coefficient (Wildman–Crippen LogP) is 1.67. The van der Waals surface area contributed by atoms with E-state index >= 15 is 0 Å². The number of H-pyrrole nitrogens is 1. The number of aromatic carboxylic acids is 1. The normalized spacial score (nSPS) is 10.2. The Bertz CT molecular complexity index is 781. The van der Waals surface area contributed by atoms with Gasteiger partial charge >= 0.3 is 11.9 Å². The molecule has 21 heavy (non-hydrogen) atoms. The second kappa shape index (κ2) is 5.58. The monoisotopic (exact) mass is 291 g/mol. The van der Waals surface area contributed by atoms with Crippen molar-refractivity contribution < 1.29 is 23.8 Å². The van der Waals surface area contributed by atoms with E-state index in [0.717, 1.165) is 25.4 Å². The second-order valence-corrected chi connectivity index (χ2v) is 4.12. The van der Waals surface area contributed by atoms with Crippen LogP contribution in [-0.2, 0) is 4.74 Å². The third-order valence-corrected chi connectivity index (χ3v) is 2.83. The quantitative estimate of drug-likeness (QED) is 0.838. The van der Waals surface area contributed by atoms with E-state index in [0.29, 0.717) is 0 Å². The van der Waals surface area contributed by atoms with Crippen LogP contribution in [0.4, 0.5) is 4.39 Å². The maximum atomic E-state index is 14.0. The topological polar surface area (TPSA) is 96.5 Å². The highest BCUT2D eigenvalue weighted by atomic mass is 19.1. The Morgan fingerprint density at radius 3 is 2.48 bits per heavy atom. The van der Waals surface area contributed by atoms with Gasteiger partial charge in [-0.1, -0.05) is 6.07 Å². The fourth-order valence-electron chi connectivity index (χ4n) is 1.79. The summed E-state index contributed by atoms with van der Waals surface area (Å²) in [7, 11) is 1.16. The van der Waals surface area contributed by atoms with E-state index in [1.165, 1.54) is 12.1 Å². The number of aromatic nitrogens is 1. The number of halogens is 1. The Morgan fingerprint density at radius 1 is 1.19 bits per heavy atom. The highest BCUT2D eigenvalue weighted by molar-refractivity contribution is 5.91. The number of ether oxygens (including phenoxy) is 1. The summed E-state index contributed by atoms with van der Waals surface area (Å²) in [5.41, 5.74) is -1.06. The van der Waals surface area contributed by atoms with Gasteiger partial charge in [0.25, 0.3) is 5.56 Å². The van der Waals surface area contributed by atoms with Crippen LogP contribution in [0.5, 0.6) is 0 Å². The molecule has 1 aromatic heterocycles. The van der Waals surface area contributed by atoms with E-state index in [-0.39, 0.29) is 22.3 Å². The lowest BCUT2D eigenvalue weighted by Gasteiger charge is -2.06. The van der Waals surface area contributed by atoms with Crippen LogP contribution in [0.3, 0.4) is 0 Å². The number of nitrogens with one attached hydrogen (secondary N) is 1. The molecule has 1 aromatic carbocycles. The smallest absolute Gasteiger partial charge is 0.337 e. The maximum Gasteiger partial charge on any atom is 0.337 e. The number of benzene rings is 1. The average molecular weight is 291 g/mol.